The van der Waals surface area contributed by atoms with Gasteiger partial charge in [-0.2, -0.15) is 0 Å². The van der Waals surface area contributed by atoms with Gasteiger partial charge in [-0.05, 0) is 50.4 Å². The second-order valence-corrected chi connectivity index (χ2v) is 8.71. The molecule has 1 aliphatic heterocycles. The summed E-state index contributed by atoms with van der Waals surface area (Å²) in [6.07, 6.45) is 2.95. The largest absolute Gasteiger partial charge is 0.385 e. The number of likely N-dealkylation sites (N-methyl/N-ethyl adjacent to an activating group) is 1. The van der Waals surface area contributed by atoms with E-state index < -0.39 is 5.60 Å². The van der Waals surface area contributed by atoms with Crippen molar-refractivity contribution in [3.8, 4) is 0 Å². The number of nitrogens with zero attached hydrogens (tertiary/aromatic N) is 2. The zero-order valence-corrected chi connectivity index (χ0v) is 19.2. The van der Waals surface area contributed by atoms with Gasteiger partial charge in [-0.1, -0.05) is 49.9 Å². The maximum Gasteiger partial charge on any atom is 0.144 e. The molecule has 6 nitrogen and oxygen atoms in total. The van der Waals surface area contributed by atoms with Crippen LogP contribution in [0.1, 0.15) is 57.4 Å². The summed E-state index contributed by atoms with van der Waals surface area (Å²) in [5.41, 5.74) is 4.12. The lowest BCUT2D eigenvalue weighted by atomic mass is 9.88. The van der Waals surface area contributed by atoms with Crippen LogP contribution in [-0.2, 0) is 12.1 Å². The number of hydrogen-bond acceptors (Lipinski definition) is 7. The van der Waals surface area contributed by atoms with Crippen molar-refractivity contribution in [3.05, 3.63) is 53.0 Å². The minimum Gasteiger partial charge on any atom is -0.385 e. The van der Waals surface area contributed by atoms with Crippen LogP contribution >= 0.6 is 11.8 Å². The average molecular weight is 426 g/mol. The molecule has 1 aromatic carbocycles. The number of fused-ring (bicyclic) bond motifs is 1. The average Bonchev–Trinajstić information content (AvgIpc) is 3.12. The van der Waals surface area contributed by atoms with Gasteiger partial charge < -0.3 is 15.7 Å². The van der Waals surface area contributed by atoms with Crippen LogP contribution in [0.3, 0.4) is 0 Å². The van der Waals surface area contributed by atoms with Gasteiger partial charge in [0.15, 0.2) is 0 Å². The normalized spacial score (nSPS) is 16.4. The third-order valence-electron chi connectivity index (χ3n) is 6.07. The van der Waals surface area contributed by atoms with E-state index in [4.69, 9.17) is 5.41 Å². The fourth-order valence-electron chi connectivity index (χ4n) is 3.61. The monoisotopic (exact) mass is 425 g/mol. The van der Waals surface area contributed by atoms with E-state index in [0.717, 1.165) is 38.7 Å². The summed E-state index contributed by atoms with van der Waals surface area (Å²) >= 11 is 1.41. The number of rotatable bonds is 8. The summed E-state index contributed by atoms with van der Waals surface area (Å²) in [5, 5.41) is 26.3. The van der Waals surface area contributed by atoms with Crippen LogP contribution in [0.2, 0.25) is 0 Å². The van der Waals surface area contributed by atoms with Crippen molar-refractivity contribution in [1.82, 2.24) is 15.3 Å². The Hall–Kier alpha value is -2.22. The number of nitrogens with one attached hydrogen (secondary N) is 3. The predicted octanol–water partition coefficient (Wildman–Crippen LogP) is 4.56. The molecule has 0 saturated carbocycles. The summed E-state index contributed by atoms with van der Waals surface area (Å²) in [7, 11) is 1.92. The molecule has 0 bridgehead atoms. The summed E-state index contributed by atoms with van der Waals surface area (Å²) in [6, 6.07) is 8.25. The molecule has 0 radical (unpaired) electrons. The fraction of sp³-hybridized carbons (Fsp3) is 0.435. The van der Waals surface area contributed by atoms with Crippen molar-refractivity contribution >= 4 is 28.2 Å². The predicted molar refractivity (Wildman–Crippen MR) is 125 cm³/mol. The van der Waals surface area contributed by atoms with Gasteiger partial charge in [0.25, 0.3) is 0 Å². The van der Waals surface area contributed by atoms with Gasteiger partial charge in [-0.25, -0.2) is 9.97 Å². The van der Waals surface area contributed by atoms with E-state index in [2.05, 4.69) is 27.5 Å². The summed E-state index contributed by atoms with van der Waals surface area (Å²) < 4.78 is 0. The molecule has 1 atom stereocenters. The van der Waals surface area contributed by atoms with Crippen LogP contribution in [0.25, 0.3) is 5.57 Å². The van der Waals surface area contributed by atoms with Crippen molar-refractivity contribution < 1.29 is 5.11 Å². The van der Waals surface area contributed by atoms with Gasteiger partial charge in [-0.3, -0.25) is 5.41 Å². The molecule has 7 heteroatoms. The van der Waals surface area contributed by atoms with E-state index in [0.29, 0.717) is 24.4 Å². The van der Waals surface area contributed by atoms with Gasteiger partial charge in [0.2, 0.25) is 0 Å². The maximum absolute atomic E-state index is 10.7. The van der Waals surface area contributed by atoms with E-state index in [9.17, 15) is 5.11 Å². The highest BCUT2D eigenvalue weighted by molar-refractivity contribution is 8.15. The zero-order valence-electron chi connectivity index (χ0n) is 18.3. The van der Waals surface area contributed by atoms with E-state index in [1.54, 1.807) is 6.33 Å². The maximum atomic E-state index is 10.7. The number of thioether (sulfide) groups is 1. The Balaban J connectivity index is 1.81. The van der Waals surface area contributed by atoms with Gasteiger partial charge >= 0.3 is 0 Å². The lowest BCUT2D eigenvalue weighted by Crippen LogP contribution is -2.23. The lowest BCUT2D eigenvalue weighted by Gasteiger charge is -2.26. The van der Waals surface area contributed by atoms with E-state index in [1.165, 1.54) is 11.8 Å². The van der Waals surface area contributed by atoms with Gasteiger partial charge in [0, 0.05) is 18.2 Å². The molecule has 1 unspecified atom stereocenters. The van der Waals surface area contributed by atoms with E-state index in [1.807, 2.05) is 52.1 Å². The molecule has 1 aromatic heterocycles. The van der Waals surface area contributed by atoms with Gasteiger partial charge in [-0.15, -0.1) is 0 Å². The zero-order chi connectivity index (χ0) is 21.9. The molecule has 0 saturated heterocycles. The first-order chi connectivity index (χ1) is 14.3. The van der Waals surface area contributed by atoms with Crippen LogP contribution < -0.4 is 10.6 Å². The third-order valence-corrected chi connectivity index (χ3v) is 7.07. The molecule has 0 amide bonds. The number of anilines is 1. The quantitative estimate of drug-likeness (QED) is 0.495. The molecule has 2 heterocycles. The van der Waals surface area contributed by atoms with Gasteiger partial charge in [0.05, 0.1) is 16.2 Å². The SMILES string of the molecule is CCC(O)(CC)c1ccc(CNc2ncnc3c2SC(=N)/C3=C(/C)C(C)NC)cc1. The first-order valence-corrected chi connectivity index (χ1v) is 11.2. The summed E-state index contributed by atoms with van der Waals surface area (Å²) in [4.78, 5) is 9.81. The van der Waals surface area contributed by atoms with Crippen molar-refractivity contribution in [1.29, 1.82) is 5.41 Å². The standard InChI is InChI=1S/C23H31N5OS/c1-6-23(29,7-2)17-10-8-16(9-11-17)12-26-22-20-19(27-13-28-22)18(21(24)30-20)14(3)15(4)25-5/h8-11,13,15,24-25,29H,6-7,12H2,1-5H3,(H,26,27,28)/b18-14-,24-21?. The first-order valence-electron chi connectivity index (χ1n) is 10.4. The highest BCUT2D eigenvalue weighted by atomic mass is 32.2. The topological polar surface area (TPSA) is 93.9 Å². The Labute approximate surface area is 183 Å². The molecule has 3 rings (SSSR count). The van der Waals surface area contributed by atoms with Crippen molar-refractivity contribution in [2.75, 3.05) is 12.4 Å². The van der Waals surface area contributed by atoms with Gasteiger partial charge in [0.1, 0.15) is 17.2 Å². The van der Waals surface area contributed by atoms with Crippen molar-refractivity contribution in [2.24, 2.45) is 0 Å². The van der Waals surface area contributed by atoms with Crippen molar-refractivity contribution in [3.63, 3.8) is 0 Å². The molecular formula is C23H31N5OS. The van der Waals surface area contributed by atoms with E-state index >= 15 is 0 Å². The molecule has 160 valence electrons. The molecule has 0 spiro atoms. The molecule has 1 aliphatic rings. The Kier molecular flexibility index (Phi) is 6.95. The molecule has 4 N–H and O–H groups in total. The lowest BCUT2D eigenvalue weighted by molar-refractivity contribution is 0.0284. The molecule has 0 aliphatic carbocycles. The molecule has 30 heavy (non-hydrogen) atoms. The second kappa shape index (κ2) is 9.29. The second-order valence-electron chi connectivity index (χ2n) is 7.69. The number of hydrogen-bond donors (Lipinski definition) is 4. The number of aliphatic hydroxyl groups is 1. The van der Waals surface area contributed by atoms with Crippen molar-refractivity contribution in [2.45, 2.75) is 63.6 Å². The Bertz CT molecular complexity index is 951. The molecule has 0 fully saturated rings. The molecule has 2 aromatic rings. The Morgan fingerprint density at radius 2 is 1.87 bits per heavy atom. The minimum absolute atomic E-state index is 0.168. The third kappa shape index (κ3) is 4.29. The fourth-order valence-corrected chi connectivity index (χ4v) is 4.65. The number of aromatic nitrogens is 2. The Morgan fingerprint density at radius 3 is 2.47 bits per heavy atom. The smallest absolute Gasteiger partial charge is 0.144 e. The highest BCUT2D eigenvalue weighted by Crippen LogP contribution is 2.44. The van der Waals surface area contributed by atoms with Crippen LogP contribution in [0.4, 0.5) is 5.82 Å². The van der Waals surface area contributed by atoms with Crippen LogP contribution in [0.5, 0.6) is 0 Å². The summed E-state index contributed by atoms with van der Waals surface area (Å²) in [5.74, 6) is 0.748. The first kappa shape index (κ1) is 22.5. The highest BCUT2D eigenvalue weighted by Gasteiger charge is 2.30. The number of benzene rings is 1. The minimum atomic E-state index is -0.762. The summed E-state index contributed by atoms with van der Waals surface area (Å²) in [6.45, 7) is 8.75. The van der Waals surface area contributed by atoms with E-state index in [-0.39, 0.29) is 6.04 Å². The molecular weight excluding hydrogens is 394 g/mol. The van der Waals surface area contributed by atoms with Crippen LogP contribution in [0.15, 0.2) is 41.1 Å². The van der Waals surface area contributed by atoms with Crippen LogP contribution in [0, 0.1) is 5.41 Å². The Morgan fingerprint density at radius 1 is 1.20 bits per heavy atom. The van der Waals surface area contributed by atoms with Crippen LogP contribution in [-0.4, -0.2) is 33.2 Å².